The predicted molar refractivity (Wildman–Crippen MR) is 69.7 cm³/mol. The lowest BCUT2D eigenvalue weighted by atomic mass is 9.88. The van der Waals surface area contributed by atoms with Crippen LogP contribution in [0, 0.1) is 12.3 Å². The van der Waals surface area contributed by atoms with Crippen LogP contribution in [0.2, 0.25) is 0 Å². The van der Waals surface area contributed by atoms with Gasteiger partial charge in [-0.25, -0.2) is 9.67 Å². The molecule has 2 rings (SSSR count). The van der Waals surface area contributed by atoms with E-state index in [-0.39, 0.29) is 6.54 Å². The minimum absolute atomic E-state index is 0.234. The third kappa shape index (κ3) is 2.62. The van der Waals surface area contributed by atoms with E-state index in [0.29, 0.717) is 12.2 Å². The quantitative estimate of drug-likeness (QED) is 0.894. The Morgan fingerprint density at radius 1 is 1.58 bits per heavy atom. The molecular weight excluding hydrogens is 266 g/mol. The first kappa shape index (κ1) is 13.6. The Hall–Kier alpha value is -1.83. The van der Waals surface area contributed by atoms with Crippen molar-refractivity contribution < 1.29 is 9.90 Å². The van der Waals surface area contributed by atoms with E-state index in [0.717, 1.165) is 9.88 Å². The van der Waals surface area contributed by atoms with Gasteiger partial charge in [0.1, 0.15) is 0 Å². The number of rotatable bonds is 5. The fourth-order valence-corrected chi connectivity index (χ4v) is 2.38. The van der Waals surface area contributed by atoms with Crippen molar-refractivity contribution >= 4 is 17.3 Å². The van der Waals surface area contributed by atoms with E-state index < -0.39 is 11.4 Å². The number of carbonyl (C=O) groups is 1. The summed E-state index contributed by atoms with van der Waals surface area (Å²) in [6, 6.07) is 0. The average Bonchev–Trinajstić information content (AvgIpc) is 2.97. The van der Waals surface area contributed by atoms with Crippen LogP contribution in [-0.2, 0) is 11.3 Å². The van der Waals surface area contributed by atoms with Crippen molar-refractivity contribution in [2.75, 3.05) is 0 Å². The minimum atomic E-state index is -0.885. The number of tetrazole rings is 1. The first-order valence-corrected chi connectivity index (χ1v) is 6.70. The van der Waals surface area contributed by atoms with Crippen molar-refractivity contribution in [3.05, 3.63) is 11.2 Å². The summed E-state index contributed by atoms with van der Waals surface area (Å²) in [4.78, 5) is 16.3. The summed E-state index contributed by atoms with van der Waals surface area (Å²) >= 11 is 1.48. The second-order valence-corrected chi connectivity index (χ2v) is 5.86. The molecule has 0 fully saturated rings. The molecule has 0 saturated heterocycles. The molecule has 2 aromatic rings. The summed E-state index contributed by atoms with van der Waals surface area (Å²) in [6.45, 7) is 5.67. The number of hydrogen-bond donors (Lipinski definition) is 1. The van der Waals surface area contributed by atoms with Gasteiger partial charge in [-0.05, 0) is 30.7 Å². The fourth-order valence-electron chi connectivity index (χ4n) is 1.61. The molecule has 0 aromatic carbocycles. The minimum Gasteiger partial charge on any atom is -0.481 e. The van der Waals surface area contributed by atoms with Gasteiger partial charge in [-0.15, -0.1) is 16.4 Å². The number of carboxylic acid groups (broad SMARTS) is 1. The van der Waals surface area contributed by atoms with Gasteiger partial charge in [-0.2, -0.15) is 0 Å². The molecule has 19 heavy (non-hydrogen) atoms. The maximum atomic E-state index is 11.3. The van der Waals surface area contributed by atoms with Crippen molar-refractivity contribution in [1.29, 1.82) is 0 Å². The zero-order valence-corrected chi connectivity index (χ0v) is 11.8. The monoisotopic (exact) mass is 281 g/mol. The van der Waals surface area contributed by atoms with Crippen molar-refractivity contribution in [1.82, 2.24) is 25.2 Å². The number of carboxylic acids is 1. The molecule has 0 aliphatic heterocycles. The average molecular weight is 281 g/mol. The molecule has 0 spiro atoms. The molecule has 2 aromatic heterocycles. The van der Waals surface area contributed by atoms with Crippen LogP contribution in [0.4, 0.5) is 0 Å². The summed E-state index contributed by atoms with van der Waals surface area (Å²) in [5, 5.41) is 21.7. The lowest BCUT2D eigenvalue weighted by Crippen LogP contribution is -2.32. The molecule has 1 unspecified atom stereocenters. The van der Waals surface area contributed by atoms with Gasteiger partial charge in [0.05, 0.1) is 21.8 Å². The van der Waals surface area contributed by atoms with Crippen LogP contribution in [0.25, 0.3) is 10.7 Å². The number of hydrogen-bond acceptors (Lipinski definition) is 6. The summed E-state index contributed by atoms with van der Waals surface area (Å²) in [5.74, 6) is -0.288. The Morgan fingerprint density at radius 2 is 2.32 bits per heavy atom. The molecule has 2 heterocycles. The lowest BCUT2D eigenvalue weighted by Gasteiger charge is -2.22. The highest BCUT2D eigenvalue weighted by molar-refractivity contribution is 7.14. The van der Waals surface area contributed by atoms with Crippen LogP contribution >= 0.6 is 11.3 Å². The van der Waals surface area contributed by atoms with Crippen molar-refractivity contribution in [3.8, 4) is 10.7 Å². The SMILES string of the molecule is CCC(C)(Cn1nnnc1-c1cnc(C)s1)C(=O)O. The molecule has 1 atom stereocenters. The zero-order valence-electron chi connectivity index (χ0n) is 11.0. The summed E-state index contributed by atoms with van der Waals surface area (Å²) in [7, 11) is 0. The second-order valence-electron chi connectivity index (χ2n) is 4.62. The lowest BCUT2D eigenvalue weighted by molar-refractivity contribution is -0.149. The summed E-state index contributed by atoms with van der Waals surface area (Å²) in [6.07, 6.45) is 2.20. The Labute approximate surface area is 114 Å². The van der Waals surface area contributed by atoms with E-state index in [1.165, 1.54) is 16.0 Å². The van der Waals surface area contributed by atoms with Gasteiger partial charge in [-0.3, -0.25) is 4.79 Å². The van der Waals surface area contributed by atoms with Gasteiger partial charge < -0.3 is 5.11 Å². The predicted octanol–water partition coefficient (Wildman–Crippen LogP) is 1.61. The molecule has 0 aliphatic carbocycles. The molecule has 0 saturated carbocycles. The number of aryl methyl sites for hydroxylation is 1. The molecule has 1 N–H and O–H groups in total. The molecule has 0 amide bonds. The molecule has 7 nitrogen and oxygen atoms in total. The van der Waals surface area contributed by atoms with E-state index in [2.05, 4.69) is 20.5 Å². The summed E-state index contributed by atoms with van der Waals surface area (Å²) in [5.41, 5.74) is -0.885. The van der Waals surface area contributed by atoms with E-state index in [1.54, 1.807) is 13.1 Å². The summed E-state index contributed by atoms with van der Waals surface area (Å²) < 4.78 is 1.53. The number of nitrogens with zero attached hydrogens (tertiary/aromatic N) is 5. The van der Waals surface area contributed by atoms with Crippen LogP contribution in [0.5, 0.6) is 0 Å². The van der Waals surface area contributed by atoms with Gasteiger partial charge in [0.25, 0.3) is 0 Å². The van der Waals surface area contributed by atoms with E-state index in [1.807, 2.05) is 13.8 Å². The van der Waals surface area contributed by atoms with Crippen LogP contribution in [0.15, 0.2) is 6.20 Å². The number of aliphatic carboxylic acids is 1. The molecule has 0 bridgehead atoms. The fraction of sp³-hybridized carbons (Fsp3) is 0.545. The van der Waals surface area contributed by atoms with Crippen LogP contribution in [-0.4, -0.2) is 36.3 Å². The van der Waals surface area contributed by atoms with Crippen LogP contribution < -0.4 is 0 Å². The highest BCUT2D eigenvalue weighted by atomic mass is 32.1. The second kappa shape index (κ2) is 5.04. The normalized spacial score (nSPS) is 14.3. The van der Waals surface area contributed by atoms with Gasteiger partial charge in [-0.1, -0.05) is 6.92 Å². The molecule has 8 heteroatoms. The largest absolute Gasteiger partial charge is 0.481 e. The third-order valence-corrected chi connectivity index (χ3v) is 4.08. The first-order valence-electron chi connectivity index (χ1n) is 5.88. The first-order chi connectivity index (χ1) is 8.96. The van der Waals surface area contributed by atoms with Gasteiger partial charge in [0.2, 0.25) is 0 Å². The molecule has 0 aliphatic rings. The zero-order chi connectivity index (χ0) is 14.0. The highest BCUT2D eigenvalue weighted by Crippen LogP contribution is 2.28. The van der Waals surface area contributed by atoms with Gasteiger partial charge >= 0.3 is 5.97 Å². The number of thiazole rings is 1. The van der Waals surface area contributed by atoms with Crippen molar-refractivity contribution in [3.63, 3.8) is 0 Å². The van der Waals surface area contributed by atoms with Crippen molar-refractivity contribution in [2.45, 2.75) is 33.7 Å². The topological polar surface area (TPSA) is 93.8 Å². The maximum Gasteiger partial charge on any atom is 0.311 e. The third-order valence-electron chi connectivity index (χ3n) is 3.17. The number of aromatic nitrogens is 5. The standard InChI is InChI=1S/C11H15N5O2S/c1-4-11(3,10(17)18)6-16-9(13-14-15-16)8-5-12-7(2)19-8/h5H,4,6H2,1-3H3,(H,17,18). The smallest absolute Gasteiger partial charge is 0.311 e. The Morgan fingerprint density at radius 3 is 2.84 bits per heavy atom. The van der Waals surface area contributed by atoms with E-state index in [9.17, 15) is 9.90 Å². The van der Waals surface area contributed by atoms with Gasteiger partial charge in [0.15, 0.2) is 5.82 Å². The van der Waals surface area contributed by atoms with Gasteiger partial charge in [0, 0.05) is 6.20 Å². The van der Waals surface area contributed by atoms with Crippen molar-refractivity contribution in [2.24, 2.45) is 5.41 Å². The molecule has 102 valence electrons. The van der Waals surface area contributed by atoms with Crippen LogP contribution in [0.1, 0.15) is 25.3 Å². The Kier molecular flexibility index (Phi) is 3.61. The molecular formula is C11H15N5O2S. The van der Waals surface area contributed by atoms with E-state index in [4.69, 9.17) is 0 Å². The Bertz CT molecular complexity index is 593. The van der Waals surface area contributed by atoms with Crippen LogP contribution in [0.3, 0.4) is 0 Å². The Balaban J connectivity index is 2.33. The maximum absolute atomic E-state index is 11.3. The molecule has 0 radical (unpaired) electrons. The highest BCUT2D eigenvalue weighted by Gasteiger charge is 2.33. The van der Waals surface area contributed by atoms with E-state index >= 15 is 0 Å².